The molecule has 8 N–H and O–H groups in total. The first kappa shape index (κ1) is 91.3. The fraction of sp³-hybridized carbons (Fsp3) is 0.0897. The number of nitrogens with two attached hydrogens (primary N) is 2. The number of hydrazone groups is 1. The maximum atomic E-state index is 12.6. The number of hydrazine groups is 1. The van der Waals surface area contributed by atoms with Gasteiger partial charge in [-0.05, 0) is 55.8 Å². The first-order valence-electron chi connectivity index (χ1n) is 33.3. The molecule has 4 aliphatic rings. The second-order valence-corrected chi connectivity index (χ2v) is 27.0. The number of halogens is 3. The van der Waals surface area contributed by atoms with Crippen LogP contribution in [-0.2, 0) is 18.7 Å². The Hall–Kier alpha value is -12.6. The van der Waals surface area contributed by atoms with E-state index in [1.807, 2.05) is 97.1 Å². The molecule has 0 unspecified atom stereocenters. The largest absolute Gasteiger partial charge is 1.00 e. The van der Waals surface area contributed by atoms with Crippen molar-refractivity contribution in [3.8, 4) is 22.5 Å². The van der Waals surface area contributed by atoms with Gasteiger partial charge >= 0.3 is 31.0 Å². The Labute approximate surface area is 696 Å². The van der Waals surface area contributed by atoms with Crippen LogP contribution in [-0.4, -0.2) is 142 Å². The van der Waals surface area contributed by atoms with Crippen LogP contribution in [0.4, 0.5) is 19.6 Å². The van der Waals surface area contributed by atoms with Gasteiger partial charge in [0, 0.05) is 77.8 Å². The molecule has 0 atom stereocenters. The number of anilines is 2. The number of nitrogens with zero attached hydrogens (tertiary/aromatic N) is 9. The summed E-state index contributed by atoms with van der Waals surface area (Å²) in [5.74, 6) is 1.42. The van der Waals surface area contributed by atoms with Gasteiger partial charge in [-0.25, -0.2) is 41.0 Å². The van der Waals surface area contributed by atoms with Crippen LogP contribution >= 0.6 is 60.4 Å². The molecule has 2 aromatic heterocycles. The van der Waals surface area contributed by atoms with E-state index in [4.69, 9.17) is 25.7 Å². The Bertz CT molecular complexity index is 5160. The molecule has 0 fully saturated rings. The smallest absolute Gasteiger partial charge is 0.587 e. The van der Waals surface area contributed by atoms with Crippen molar-refractivity contribution >= 4 is 156 Å². The Kier molecular flexibility index (Phi) is 37.3. The van der Waals surface area contributed by atoms with Gasteiger partial charge in [-0.1, -0.05) is 237 Å². The van der Waals surface area contributed by atoms with E-state index in [-0.39, 0.29) is 73.8 Å². The molecule has 4 aliphatic heterocycles. The zero-order valence-corrected chi connectivity index (χ0v) is 66.4. The summed E-state index contributed by atoms with van der Waals surface area (Å²) >= 11 is 5.36. The maximum absolute atomic E-state index is 12.6. The number of benzene rings is 9. The molecule has 6 heterocycles. The molecule has 582 valence electrons. The van der Waals surface area contributed by atoms with Gasteiger partial charge in [0.25, 0.3) is 35.4 Å². The number of rotatable bonds is 14. The summed E-state index contributed by atoms with van der Waals surface area (Å²) < 4.78 is 25.9. The second kappa shape index (κ2) is 47.0. The van der Waals surface area contributed by atoms with Gasteiger partial charge in [-0.2, -0.15) is 5.10 Å². The third kappa shape index (κ3) is 25.4. The van der Waals surface area contributed by atoms with E-state index in [1.165, 1.54) is 11.5 Å². The van der Waals surface area contributed by atoms with Crippen molar-refractivity contribution < 1.29 is 90.1 Å². The van der Waals surface area contributed by atoms with Crippen molar-refractivity contribution in [2.45, 2.75) is 13.8 Å². The SMILES string of the molecule is CCOC(=O)N/N=C(/CN1C(=O)c2ccccc2C1=O)c1ccccc1.CCOC(=O)NN.N=N.Nc1snnc1-c1ccccc1.O=C(CBr)c1ccccc1.O=C(CN1C(=O)c2ccccc2C1=O)c1ccccc1.O=C1[N-]C(=O)c2ccccc21.O=C1c2ccccc2C(=O)N1c1snnc1-c1ccccc1.O=S(Cl)Cl.[Li+]. The van der Waals surface area contributed by atoms with Gasteiger partial charge < -0.3 is 30.1 Å². The molecule has 30 nitrogen and oxygen atoms in total. The van der Waals surface area contributed by atoms with E-state index < -0.39 is 45.0 Å². The van der Waals surface area contributed by atoms with Gasteiger partial charge in [0.1, 0.15) is 16.4 Å². The molecule has 0 saturated carbocycles. The molecule has 37 heteroatoms. The molecule has 15 rings (SSSR count). The van der Waals surface area contributed by atoms with Crippen LogP contribution in [0.1, 0.15) is 123 Å². The maximum Gasteiger partial charge on any atom is 1.00 e. The molecule has 0 aliphatic carbocycles. The van der Waals surface area contributed by atoms with Crippen molar-refractivity contribution in [3.05, 3.63) is 315 Å². The number of fused-ring (bicyclic) bond motifs is 4. The Morgan fingerprint density at radius 2 is 0.800 bits per heavy atom. The zero-order chi connectivity index (χ0) is 82.6. The van der Waals surface area contributed by atoms with Gasteiger partial charge in [0.15, 0.2) is 16.6 Å². The van der Waals surface area contributed by atoms with E-state index in [1.54, 1.807) is 171 Å². The number of imide groups is 4. The number of nitrogens with one attached hydrogen (secondary N) is 4. The molecule has 0 bridgehead atoms. The average Bonchev–Trinajstić information content (AvgIpc) is 1.61. The number of hydrogen-bond donors (Lipinski definition) is 6. The summed E-state index contributed by atoms with van der Waals surface area (Å²) in [7, 11) is 7.36. The standard InChI is InChI=1S/C19H17N3O4.C16H9N3O2S.C16H11NO3.C8H7BrO.C8H7N3S.C8H5NO2.C3H8N2O2.Cl2OS.Li.H2N2/c1-2-26-19(25)21-20-16(13-8-4-3-5-9-13)12-22-17(23)14-10-6-7-11-15(14)18(22)24;20-14-11-8-4-5-9-12(11)15(21)19(14)16-13(17-18-22-16)10-6-2-1-3-7-10;18-14(11-6-2-1-3-7-11)10-17-15(19)12-8-4-5-9-13(12)16(17)20;9-6-8(10)7-4-2-1-3-5-7;9-8-7(10-11-12-8)6-4-2-1-3-5-6;10-7-5-3-1-2-4-6(5)8(11)9-7;1-2-7-3(6)5-4;1-4(2)3;;1-2/h3-11H,2,12H2,1H3,(H,21,25);1-9H;1-9H,10H2;1-5H,6H2;1-5H,9H2;1-4H,(H,9,10,11);2,4H2,1H3,(H,5,6);;;1-2H/q;;;;;;;;+1;/p-1/b20-16-;;;;;;;;;. The summed E-state index contributed by atoms with van der Waals surface area (Å²) in [5, 5.41) is 16.9. The Balaban J connectivity index is 0.000000213. The Morgan fingerprint density at radius 3 is 1.17 bits per heavy atom. The quantitative estimate of drug-likeness (QED) is 0.00562. The number of Topliss-reactive ketones (excluding diaryl/α,β-unsaturated/α-hetero) is 2. The van der Waals surface area contributed by atoms with Gasteiger partial charge in [0.05, 0.1) is 82.5 Å². The number of hydrogen-bond acceptors (Lipinski definition) is 26. The number of amides is 10. The number of ketones is 2. The summed E-state index contributed by atoms with van der Waals surface area (Å²) in [6, 6.07) is 72.7. The van der Waals surface area contributed by atoms with Crippen LogP contribution < -0.4 is 46.2 Å². The van der Waals surface area contributed by atoms with Crippen molar-refractivity contribution in [2.24, 2.45) is 10.9 Å². The van der Waals surface area contributed by atoms with E-state index in [0.717, 1.165) is 48.6 Å². The minimum absolute atomic E-state index is 0. The minimum atomic E-state index is -1.67. The van der Waals surface area contributed by atoms with E-state index >= 15 is 0 Å². The van der Waals surface area contributed by atoms with Gasteiger partial charge in [0.2, 0.25) is 9.23 Å². The molecule has 11 aromatic rings. The van der Waals surface area contributed by atoms with Gasteiger partial charge in [-0.3, -0.25) is 53.6 Å². The van der Waals surface area contributed by atoms with Gasteiger partial charge in [-0.15, -0.1) is 10.2 Å². The number of carbonyl (C=O) groups excluding carboxylic acids is 12. The summed E-state index contributed by atoms with van der Waals surface area (Å²) in [6.07, 6.45) is -1.30. The van der Waals surface area contributed by atoms with Crippen molar-refractivity contribution in [1.82, 2.24) is 39.8 Å². The summed E-state index contributed by atoms with van der Waals surface area (Å²) in [6.45, 7) is 3.65. The molecule has 0 spiro atoms. The number of ether oxygens (including phenoxy) is 2. The molecule has 115 heavy (non-hydrogen) atoms. The zero-order valence-electron chi connectivity index (χ0n) is 60.9. The topological polar surface area (TPSA) is 452 Å². The molecular weight excluding hydrogens is 1640 g/mol. The number of alkyl halides is 1. The molecule has 10 amide bonds. The second-order valence-electron chi connectivity index (χ2n) is 22.4. The van der Waals surface area contributed by atoms with Crippen molar-refractivity contribution in [3.63, 3.8) is 0 Å². The normalized spacial score (nSPS) is 12.1. The fourth-order valence-corrected chi connectivity index (χ4v) is 11.8. The summed E-state index contributed by atoms with van der Waals surface area (Å²) in [4.78, 5) is 144. The first-order chi connectivity index (χ1) is 55.1. The number of nitrogen functional groups attached to an aromatic ring is 1. The molecule has 9 aromatic carbocycles. The first-order valence-corrected chi connectivity index (χ1v) is 38.8. The molecule has 0 saturated heterocycles. The van der Waals surface area contributed by atoms with E-state index in [0.29, 0.717) is 89.0 Å². The van der Waals surface area contributed by atoms with Crippen LogP contribution in [0.3, 0.4) is 0 Å². The van der Waals surface area contributed by atoms with Crippen molar-refractivity contribution in [1.29, 1.82) is 11.1 Å². The molecular formula is C78H65BrCl2LiN15O15S3. The number of aromatic nitrogens is 4. The van der Waals surface area contributed by atoms with Crippen LogP contribution in [0.5, 0.6) is 0 Å². The van der Waals surface area contributed by atoms with Crippen LogP contribution in [0.15, 0.2) is 254 Å². The van der Waals surface area contributed by atoms with Crippen LogP contribution in [0.25, 0.3) is 27.8 Å². The number of carbonyl (C=O) groups is 12. The fourth-order valence-electron chi connectivity index (χ4n) is 10.3. The predicted molar refractivity (Wildman–Crippen MR) is 433 cm³/mol. The third-order valence-corrected chi connectivity index (χ3v) is 17.2. The molecule has 0 radical (unpaired) electrons. The summed E-state index contributed by atoms with van der Waals surface area (Å²) in [5.41, 5.74) is 28.3. The Morgan fingerprint density at radius 1 is 0.478 bits per heavy atom. The predicted octanol–water partition coefficient (Wildman–Crippen LogP) is 11.3. The van der Waals surface area contributed by atoms with Crippen LogP contribution in [0, 0.1) is 11.1 Å². The van der Waals surface area contributed by atoms with E-state index in [2.05, 4.69) is 82.9 Å². The van der Waals surface area contributed by atoms with E-state index in [9.17, 15) is 57.5 Å². The third-order valence-electron chi connectivity index (χ3n) is 15.4. The van der Waals surface area contributed by atoms with Crippen LogP contribution in [0.2, 0.25) is 0 Å². The minimum Gasteiger partial charge on any atom is -0.587 e. The monoisotopic (exact) mass is 1700 g/mol. The van der Waals surface area contributed by atoms with Crippen molar-refractivity contribution in [2.75, 3.05) is 42.3 Å². The average molecular weight is 1710 g/mol.